The van der Waals surface area contributed by atoms with E-state index in [0.717, 1.165) is 18.4 Å². The van der Waals surface area contributed by atoms with Crippen molar-refractivity contribution in [3.8, 4) is 0 Å². The number of benzene rings is 1. The molecule has 1 aliphatic rings. The van der Waals surface area contributed by atoms with Gasteiger partial charge in [0.15, 0.2) is 0 Å². The molecule has 2 rings (SSSR count). The monoisotopic (exact) mass is 312 g/mol. The van der Waals surface area contributed by atoms with E-state index in [2.05, 4.69) is 5.32 Å². The Labute approximate surface area is 128 Å². The van der Waals surface area contributed by atoms with E-state index < -0.39 is 0 Å². The van der Waals surface area contributed by atoms with Crippen LogP contribution in [0, 0.1) is 5.82 Å². The van der Waals surface area contributed by atoms with Gasteiger partial charge in [0.2, 0.25) is 11.8 Å². The summed E-state index contributed by atoms with van der Waals surface area (Å²) >= 11 is 5.52. The molecule has 1 aliphatic heterocycles. The lowest BCUT2D eigenvalue weighted by Crippen LogP contribution is -2.47. The predicted octanol–water partition coefficient (Wildman–Crippen LogP) is 1.71. The van der Waals surface area contributed by atoms with Crippen LogP contribution in [0.5, 0.6) is 0 Å². The third kappa shape index (κ3) is 4.70. The maximum absolute atomic E-state index is 12.8. The van der Waals surface area contributed by atoms with Crippen LogP contribution in [0.15, 0.2) is 24.3 Å². The van der Waals surface area contributed by atoms with Gasteiger partial charge in [0.1, 0.15) is 11.7 Å². The SMILES string of the molecule is O=C(Cc1ccc(F)cc1)NC1CCN(C(=O)CCl)CC1. The summed E-state index contributed by atoms with van der Waals surface area (Å²) in [5.41, 5.74) is 0.781. The Balaban J connectivity index is 1.76. The predicted molar refractivity (Wildman–Crippen MR) is 78.6 cm³/mol. The number of hydrogen-bond donors (Lipinski definition) is 1. The number of carbonyl (C=O) groups is 2. The van der Waals surface area contributed by atoms with Gasteiger partial charge in [-0.3, -0.25) is 9.59 Å². The van der Waals surface area contributed by atoms with Crippen molar-refractivity contribution >= 4 is 23.4 Å². The lowest BCUT2D eigenvalue weighted by molar-refractivity contribution is -0.129. The summed E-state index contributed by atoms with van der Waals surface area (Å²) in [5.74, 6) is -0.450. The molecule has 0 radical (unpaired) electrons. The molecule has 0 aliphatic carbocycles. The van der Waals surface area contributed by atoms with E-state index in [0.29, 0.717) is 13.1 Å². The van der Waals surface area contributed by atoms with Gasteiger partial charge in [-0.2, -0.15) is 0 Å². The molecule has 1 aromatic rings. The van der Waals surface area contributed by atoms with Crippen LogP contribution in [-0.4, -0.2) is 41.7 Å². The quantitative estimate of drug-likeness (QED) is 0.861. The number of amides is 2. The Morgan fingerprint density at radius 3 is 2.43 bits per heavy atom. The number of rotatable bonds is 4. The Kier molecular flexibility index (Phi) is 5.56. The molecule has 6 heteroatoms. The van der Waals surface area contributed by atoms with E-state index in [1.807, 2.05) is 0 Å². The molecule has 0 unspecified atom stereocenters. The second-order valence-corrected chi connectivity index (χ2v) is 5.43. The van der Waals surface area contributed by atoms with Crippen molar-refractivity contribution in [2.24, 2.45) is 0 Å². The summed E-state index contributed by atoms with van der Waals surface area (Å²) in [6.45, 7) is 1.24. The molecule has 1 saturated heterocycles. The molecular weight excluding hydrogens is 295 g/mol. The second kappa shape index (κ2) is 7.41. The van der Waals surface area contributed by atoms with Gasteiger partial charge in [-0.1, -0.05) is 12.1 Å². The van der Waals surface area contributed by atoms with Gasteiger partial charge in [0.25, 0.3) is 0 Å². The number of likely N-dealkylation sites (tertiary alicyclic amines) is 1. The topological polar surface area (TPSA) is 49.4 Å². The number of nitrogens with zero attached hydrogens (tertiary/aromatic N) is 1. The first-order chi connectivity index (χ1) is 10.1. The van der Waals surface area contributed by atoms with Crippen LogP contribution in [0.2, 0.25) is 0 Å². The molecule has 0 bridgehead atoms. The number of carbonyl (C=O) groups excluding carboxylic acids is 2. The highest BCUT2D eigenvalue weighted by Gasteiger charge is 2.23. The van der Waals surface area contributed by atoms with E-state index in [-0.39, 0.29) is 36.0 Å². The van der Waals surface area contributed by atoms with Crippen molar-refractivity contribution in [3.05, 3.63) is 35.6 Å². The molecular formula is C15H18ClFN2O2. The van der Waals surface area contributed by atoms with Crippen LogP contribution >= 0.6 is 11.6 Å². The molecule has 21 heavy (non-hydrogen) atoms. The Hall–Kier alpha value is -1.62. The second-order valence-electron chi connectivity index (χ2n) is 5.16. The van der Waals surface area contributed by atoms with Crippen molar-refractivity contribution in [1.29, 1.82) is 0 Å². The van der Waals surface area contributed by atoms with Crippen molar-refractivity contribution < 1.29 is 14.0 Å². The summed E-state index contributed by atoms with van der Waals surface area (Å²) in [6.07, 6.45) is 1.71. The molecule has 0 atom stereocenters. The zero-order valence-electron chi connectivity index (χ0n) is 11.6. The van der Waals surface area contributed by atoms with Gasteiger partial charge in [-0.15, -0.1) is 11.6 Å². The fraction of sp³-hybridized carbons (Fsp3) is 0.467. The molecule has 114 valence electrons. The minimum atomic E-state index is -0.310. The molecule has 1 heterocycles. The highest BCUT2D eigenvalue weighted by Crippen LogP contribution is 2.11. The molecule has 0 saturated carbocycles. The first-order valence-corrected chi connectivity index (χ1v) is 7.49. The third-order valence-corrected chi connectivity index (χ3v) is 3.83. The summed E-state index contributed by atoms with van der Waals surface area (Å²) in [4.78, 5) is 25.1. The zero-order chi connectivity index (χ0) is 15.2. The van der Waals surface area contributed by atoms with E-state index >= 15 is 0 Å². The average molecular weight is 313 g/mol. The van der Waals surface area contributed by atoms with Gasteiger partial charge in [0, 0.05) is 19.1 Å². The van der Waals surface area contributed by atoms with Crippen molar-refractivity contribution in [2.75, 3.05) is 19.0 Å². The van der Waals surface area contributed by atoms with E-state index in [1.165, 1.54) is 12.1 Å². The summed E-state index contributed by atoms with van der Waals surface area (Å²) in [5, 5.41) is 2.96. The molecule has 1 N–H and O–H groups in total. The van der Waals surface area contributed by atoms with Crippen molar-refractivity contribution in [2.45, 2.75) is 25.3 Å². The fourth-order valence-corrected chi connectivity index (χ4v) is 2.59. The number of piperidine rings is 1. The lowest BCUT2D eigenvalue weighted by Gasteiger charge is -2.32. The fourth-order valence-electron chi connectivity index (χ4n) is 2.42. The van der Waals surface area contributed by atoms with Crippen molar-refractivity contribution in [3.63, 3.8) is 0 Å². The Morgan fingerprint density at radius 1 is 1.24 bits per heavy atom. The minimum absolute atomic E-state index is 0.00158. The van der Waals surface area contributed by atoms with Crippen LogP contribution in [0.1, 0.15) is 18.4 Å². The van der Waals surface area contributed by atoms with Crippen molar-refractivity contribution in [1.82, 2.24) is 10.2 Å². The van der Waals surface area contributed by atoms with Crippen LogP contribution in [-0.2, 0) is 16.0 Å². The number of nitrogens with one attached hydrogen (secondary N) is 1. The molecule has 0 aromatic heterocycles. The van der Waals surface area contributed by atoms with E-state index in [1.54, 1.807) is 17.0 Å². The smallest absolute Gasteiger partial charge is 0.237 e. The highest BCUT2D eigenvalue weighted by molar-refractivity contribution is 6.27. The molecule has 1 fully saturated rings. The van der Waals surface area contributed by atoms with Crippen LogP contribution in [0.4, 0.5) is 4.39 Å². The molecule has 1 aromatic carbocycles. The highest BCUT2D eigenvalue weighted by atomic mass is 35.5. The summed E-state index contributed by atoms with van der Waals surface area (Å²) < 4.78 is 12.8. The van der Waals surface area contributed by atoms with Gasteiger partial charge >= 0.3 is 0 Å². The van der Waals surface area contributed by atoms with E-state index in [4.69, 9.17) is 11.6 Å². The Bertz CT molecular complexity index is 499. The van der Waals surface area contributed by atoms with Gasteiger partial charge in [-0.05, 0) is 30.5 Å². The van der Waals surface area contributed by atoms with Gasteiger partial charge in [0.05, 0.1) is 6.42 Å². The third-order valence-electron chi connectivity index (χ3n) is 3.61. The number of halogens is 2. The average Bonchev–Trinajstić information content (AvgIpc) is 2.49. The van der Waals surface area contributed by atoms with E-state index in [9.17, 15) is 14.0 Å². The summed E-state index contributed by atoms with van der Waals surface area (Å²) in [7, 11) is 0. The molecule has 4 nitrogen and oxygen atoms in total. The largest absolute Gasteiger partial charge is 0.353 e. The maximum Gasteiger partial charge on any atom is 0.237 e. The molecule has 2 amide bonds. The zero-order valence-corrected chi connectivity index (χ0v) is 12.4. The summed E-state index contributed by atoms with van der Waals surface area (Å²) in [6, 6.07) is 5.99. The first kappa shape index (κ1) is 15.8. The molecule has 0 spiro atoms. The number of hydrogen-bond acceptors (Lipinski definition) is 2. The van der Waals surface area contributed by atoms with Gasteiger partial charge < -0.3 is 10.2 Å². The van der Waals surface area contributed by atoms with Crippen LogP contribution < -0.4 is 5.32 Å². The minimum Gasteiger partial charge on any atom is -0.353 e. The first-order valence-electron chi connectivity index (χ1n) is 6.96. The standard InChI is InChI=1S/C15H18ClFN2O2/c16-10-15(21)19-7-5-13(6-8-19)18-14(20)9-11-1-3-12(17)4-2-11/h1-4,13H,5-10H2,(H,18,20). The Morgan fingerprint density at radius 2 is 1.86 bits per heavy atom. The normalized spacial score (nSPS) is 15.8. The maximum atomic E-state index is 12.8. The number of alkyl halides is 1. The van der Waals surface area contributed by atoms with Gasteiger partial charge in [-0.25, -0.2) is 4.39 Å². The van der Waals surface area contributed by atoms with Crippen LogP contribution in [0.3, 0.4) is 0 Å². The lowest BCUT2D eigenvalue weighted by atomic mass is 10.0. The van der Waals surface area contributed by atoms with Crippen LogP contribution in [0.25, 0.3) is 0 Å².